The first-order chi connectivity index (χ1) is 12.5. The molecule has 0 saturated carbocycles. The highest BCUT2D eigenvalue weighted by atomic mass is 19.1. The zero-order valence-corrected chi connectivity index (χ0v) is 15.2. The Hall–Kier alpha value is -2.37. The number of nitrogens with one attached hydrogen (secondary N) is 2. The standard InChI is InChI=1S/C20H26FN3O2/c1-22-19(26)20(23-17-9-5-8-16(21)14-17)10-12-24(13-11-20)18(25)15-6-3-2-4-7-15/h5-6,8-9,14,23H,2-4,7,10-13H2,1H3,(H,22,26). The van der Waals surface area contributed by atoms with Crippen molar-refractivity contribution in [3.8, 4) is 0 Å². The molecule has 5 nitrogen and oxygen atoms in total. The molecule has 3 rings (SSSR count). The van der Waals surface area contributed by atoms with Crippen molar-refractivity contribution < 1.29 is 14.0 Å². The Kier molecular flexibility index (Phi) is 5.59. The number of amides is 2. The maximum absolute atomic E-state index is 13.5. The fraction of sp³-hybridized carbons (Fsp3) is 0.500. The molecule has 1 aliphatic heterocycles. The number of allylic oxidation sites excluding steroid dienone is 1. The van der Waals surface area contributed by atoms with Crippen LogP contribution in [0, 0.1) is 5.82 Å². The molecule has 2 aliphatic rings. The van der Waals surface area contributed by atoms with Gasteiger partial charge in [-0.25, -0.2) is 4.39 Å². The van der Waals surface area contributed by atoms with Crippen LogP contribution < -0.4 is 10.6 Å². The Labute approximate surface area is 153 Å². The summed E-state index contributed by atoms with van der Waals surface area (Å²) in [6.45, 7) is 1.01. The van der Waals surface area contributed by atoms with Crippen LogP contribution >= 0.6 is 0 Å². The Morgan fingerprint density at radius 2 is 1.96 bits per heavy atom. The number of piperidine rings is 1. The molecule has 0 bridgehead atoms. The Balaban J connectivity index is 1.72. The number of hydrogen-bond acceptors (Lipinski definition) is 3. The Morgan fingerprint density at radius 3 is 2.58 bits per heavy atom. The van der Waals surface area contributed by atoms with E-state index in [1.165, 1.54) is 12.1 Å². The van der Waals surface area contributed by atoms with Gasteiger partial charge in [-0.3, -0.25) is 9.59 Å². The van der Waals surface area contributed by atoms with E-state index in [1.807, 2.05) is 4.90 Å². The second-order valence-electron chi connectivity index (χ2n) is 7.06. The van der Waals surface area contributed by atoms with Gasteiger partial charge >= 0.3 is 0 Å². The molecule has 0 atom stereocenters. The van der Waals surface area contributed by atoms with E-state index in [9.17, 15) is 14.0 Å². The number of anilines is 1. The quantitative estimate of drug-likeness (QED) is 0.869. The molecule has 1 heterocycles. The number of likely N-dealkylation sites (tertiary alicyclic amines) is 1. The van der Waals surface area contributed by atoms with Crippen LogP contribution in [0.25, 0.3) is 0 Å². The highest BCUT2D eigenvalue weighted by Crippen LogP contribution is 2.29. The lowest BCUT2D eigenvalue weighted by Crippen LogP contribution is -2.58. The third-order valence-electron chi connectivity index (χ3n) is 5.34. The third-order valence-corrected chi connectivity index (χ3v) is 5.34. The predicted molar refractivity (Wildman–Crippen MR) is 99.2 cm³/mol. The van der Waals surface area contributed by atoms with Gasteiger partial charge in [0.1, 0.15) is 11.4 Å². The van der Waals surface area contributed by atoms with Crippen LogP contribution in [-0.2, 0) is 9.59 Å². The number of carbonyl (C=O) groups is 2. The van der Waals surface area contributed by atoms with Crippen molar-refractivity contribution in [1.82, 2.24) is 10.2 Å². The van der Waals surface area contributed by atoms with Gasteiger partial charge in [-0.15, -0.1) is 0 Å². The molecule has 0 unspecified atom stereocenters. The predicted octanol–water partition coefficient (Wildman–Crippen LogP) is 2.85. The average molecular weight is 359 g/mol. The molecular formula is C20H26FN3O2. The van der Waals surface area contributed by atoms with Crippen LogP contribution in [-0.4, -0.2) is 42.4 Å². The minimum absolute atomic E-state index is 0.0981. The van der Waals surface area contributed by atoms with Crippen LogP contribution in [0.3, 0.4) is 0 Å². The van der Waals surface area contributed by atoms with E-state index in [-0.39, 0.29) is 17.6 Å². The second kappa shape index (κ2) is 7.89. The molecule has 2 amide bonds. The Bertz CT molecular complexity index is 709. The SMILES string of the molecule is CNC(=O)C1(Nc2cccc(F)c2)CCN(C(=O)C2=CCCCC2)CC1. The number of carbonyl (C=O) groups excluding carboxylic acids is 2. The summed E-state index contributed by atoms with van der Waals surface area (Å²) < 4.78 is 13.5. The third kappa shape index (κ3) is 3.89. The van der Waals surface area contributed by atoms with E-state index in [0.29, 0.717) is 31.6 Å². The van der Waals surface area contributed by atoms with Gasteiger partial charge in [0, 0.05) is 31.4 Å². The van der Waals surface area contributed by atoms with Gasteiger partial charge in [0.2, 0.25) is 11.8 Å². The first kappa shape index (κ1) is 18.4. The van der Waals surface area contributed by atoms with Gasteiger partial charge in [0.25, 0.3) is 0 Å². The summed E-state index contributed by atoms with van der Waals surface area (Å²) in [5.74, 6) is -0.384. The fourth-order valence-electron chi connectivity index (χ4n) is 3.82. The number of rotatable bonds is 4. The average Bonchev–Trinajstić information content (AvgIpc) is 2.68. The van der Waals surface area contributed by atoms with Gasteiger partial charge in [-0.05, 0) is 56.7 Å². The van der Waals surface area contributed by atoms with E-state index in [2.05, 4.69) is 16.7 Å². The second-order valence-corrected chi connectivity index (χ2v) is 7.06. The normalized spacial score (nSPS) is 19.5. The van der Waals surface area contributed by atoms with Crippen molar-refractivity contribution in [2.24, 2.45) is 0 Å². The van der Waals surface area contributed by atoms with Gasteiger partial charge < -0.3 is 15.5 Å². The molecule has 2 N–H and O–H groups in total. The molecule has 26 heavy (non-hydrogen) atoms. The summed E-state index contributed by atoms with van der Waals surface area (Å²) in [5, 5.41) is 5.93. The lowest BCUT2D eigenvalue weighted by atomic mass is 9.85. The first-order valence-corrected chi connectivity index (χ1v) is 9.28. The van der Waals surface area contributed by atoms with Crippen molar-refractivity contribution in [2.45, 2.75) is 44.1 Å². The van der Waals surface area contributed by atoms with Crippen LogP contribution in [0.5, 0.6) is 0 Å². The summed E-state index contributed by atoms with van der Waals surface area (Å²) in [4.78, 5) is 27.1. The molecular weight excluding hydrogens is 333 g/mol. The van der Waals surface area contributed by atoms with Gasteiger partial charge in [0.15, 0.2) is 0 Å². The van der Waals surface area contributed by atoms with Crippen LogP contribution in [0.15, 0.2) is 35.9 Å². The molecule has 6 heteroatoms. The molecule has 140 valence electrons. The van der Waals surface area contributed by atoms with Crippen molar-refractivity contribution in [1.29, 1.82) is 0 Å². The summed E-state index contributed by atoms with van der Waals surface area (Å²) in [6.07, 6.45) is 7.06. The molecule has 1 fully saturated rings. The smallest absolute Gasteiger partial charge is 0.249 e. The minimum atomic E-state index is -0.833. The monoisotopic (exact) mass is 359 g/mol. The van der Waals surface area contributed by atoms with Crippen molar-refractivity contribution in [3.63, 3.8) is 0 Å². The zero-order chi connectivity index (χ0) is 18.6. The number of halogens is 1. The minimum Gasteiger partial charge on any atom is -0.371 e. The first-order valence-electron chi connectivity index (χ1n) is 9.28. The molecule has 0 aromatic heterocycles. The molecule has 1 aromatic rings. The summed E-state index contributed by atoms with van der Waals surface area (Å²) in [7, 11) is 1.60. The summed E-state index contributed by atoms with van der Waals surface area (Å²) in [5.41, 5.74) is 0.644. The summed E-state index contributed by atoms with van der Waals surface area (Å²) in [6, 6.07) is 6.12. The number of benzene rings is 1. The highest BCUT2D eigenvalue weighted by molar-refractivity contribution is 5.94. The maximum atomic E-state index is 13.5. The van der Waals surface area contributed by atoms with Crippen molar-refractivity contribution in [3.05, 3.63) is 41.7 Å². The van der Waals surface area contributed by atoms with E-state index in [1.54, 1.807) is 19.2 Å². The van der Waals surface area contributed by atoms with Crippen LogP contribution in [0.4, 0.5) is 10.1 Å². The highest BCUT2D eigenvalue weighted by Gasteiger charge is 2.42. The van der Waals surface area contributed by atoms with Gasteiger partial charge in [-0.1, -0.05) is 12.1 Å². The van der Waals surface area contributed by atoms with Crippen molar-refractivity contribution >= 4 is 17.5 Å². The van der Waals surface area contributed by atoms with E-state index >= 15 is 0 Å². The number of nitrogens with zero attached hydrogens (tertiary/aromatic N) is 1. The molecule has 0 spiro atoms. The van der Waals surface area contributed by atoms with Gasteiger partial charge in [0.05, 0.1) is 0 Å². The van der Waals surface area contributed by atoms with Crippen LogP contribution in [0.1, 0.15) is 38.5 Å². The summed E-state index contributed by atoms with van der Waals surface area (Å²) >= 11 is 0. The number of hydrogen-bond donors (Lipinski definition) is 2. The maximum Gasteiger partial charge on any atom is 0.249 e. The largest absolute Gasteiger partial charge is 0.371 e. The number of likely N-dealkylation sites (N-methyl/N-ethyl adjacent to an activating group) is 1. The molecule has 1 aliphatic carbocycles. The molecule has 0 radical (unpaired) electrons. The lowest BCUT2D eigenvalue weighted by molar-refractivity contribution is -0.133. The van der Waals surface area contributed by atoms with E-state index < -0.39 is 5.54 Å². The Morgan fingerprint density at radius 1 is 1.19 bits per heavy atom. The van der Waals surface area contributed by atoms with E-state index in [4.69, 9.17) is 0 Å². The van der Waals surface area contributed by atoms with Crippen molar-refractivity contribution in [2.75, 3.05) is 25.5 Å². The zero-order valence-electron chi connectivity index (χ0n) is 15.2. The lowest BCUT2D eigenvalue weighted by Gasteiger charge is -2.41. The topological polar surface area (TPSA) is 61.4 Å². The van der Waals surface area contributed by atoms with Gasteiger partial charge in [-0.2, -0.15) is 0 Å². The van der Waals surface area contributed by atoms with E-state index in [0.717, 1.165) is 31.3 Å². The molecule has 1 saturated heterocycles. The van der Waals surface area contributed by atoms with Crippen LogP contribution in [0.2, 0.25) is 0 Å². The molecule has 1 aromatic carbocycles. The fourth-order valence-corrected chi connectivity index (χ4v) is 3.82.